The Bertz CT molecular complexity index is 925. The van der Waals surface area contributed by atoms with Crippen LogP contribution < -0.4 is 10.2 Å². The van der Waals surface area contributed by atoms with E-state index in [9.17, 15) is 4.79 Å². The largest absolute Gasteiger partial charge is 0.368 e. The molecule has 1 aromatic carbocycles. The lowest BCUT2D eigenvalue weighted by molar-refractivity contribution is 0.0742. The highest BCUT2D eigenvalue weighted by molar-refractivity contribution is 7.14. The van der Waals surface area contributed by atoms with Gasteiger partial charge in [-0.25, -0.2) is 4.98 Å². The molecular formula is C19H18ClN5OS. The number of hydrogen-bond donors (Lipinski definition) is 1. The van der Waals surface area contributed by atoms with Crippen molar-refractivity contribution in [3.8, 4) is 0 Å². The maximum absolute atomic E-state index is 12.8. The lowest BCUT2D eigenvalue weighted by Gasteiger charge is -2.35. The number of carbonyl (C=O) groups is 1. The van der Waals surface area contributed by atoms with Gasteiger partial charge in [-0.05, 0) is 30.3 Å². The van der Waals surface area contributed by atoms with Crippen molar-refractivity contribution in [1.29, 1.82) is 0 Å². The van der Waals surface area contributed by atoms with Gasteiger partial charge in [-0.2, -0.15) is 0 Å². The maximum atomic E-state index is 12.8. The molecule has 138 valence electrons. The predicted octanol–water partition coefficient (Wildman–Crippen LogP) is 3.90. The van der Waals surface area contributed by atoms with Gasteiger partial charge < -0.3 is 15.1 Å². The van der Waals surface area contributed by atoms with Crippen molar-refractivity contribution in [3.05, 3.63) is 64.9 Å². The molecule has 1 aliphatic heterocycles. The number of carbonyl (C=O) groups excluding carboxylic acids is 1. The summed E-state index contributed by atoms with van der Waals surface area (Å²) in [6.07, 6.45) is 3.43. The van der Waals surface area contributed by atoms with Crippen LogP contribution in [0.15, 0.2) is 54.2 Å². The number of amides is 1. The minimum absolute atomic E-state index is 0.0313. The minimum atomic E-state index is -0.0313. The van der Waals surface area contributed by atoms with Gasteiger partial charge in [0.15, 0.2) is 5.13 Å². The number of nitrogens with one attached hydrogen (secondary N) is 1. The summed E-state index contributed by atoms with van der Waals surface area (Å²) in [4.78, 5) is 25.3. The van der Waals surface area contributed by atoms with Crippen molar-refractivity contribution in [2.24, 2.45) is 0 Å². The van der Waals surface area contributed by atoms with E-state index in [1.165, 1.54) is 11.3 Å². The third-order valence-electron chi connectivity index (χ3n) is 4.38. The summed E-state index contributed by atoms with van der Waals surface area (Å²) < 4.78 is 0. The Hall–Kier alpha value is -2.64. The van der Waals surface area contributed by atoms with Gasteiger partial charge in [-0.3, -0.25) is 9.78 Å². The molecule has 0 saturated carbocycles. The van der Waals surface area contributed by atoms with E-state index in [1.54, 1.807) is 17.8 Å². The van der Waals surface area contributed by atoms with Crippen LogP contribution in [0.1, 0.15) is 10.5 Å². The van der Waals surface area contributed by atoms with Gasteiger partial charge in [0.2, 0.25) is 0 Å². The number of piperazine rings is 1. The number of benzene rings is 1. The van der Waals surface area contributed by atoms with Crippen molar-refractivity contribution in [2.75, 3.05) is 36.4 Å². The van der Waals surface area contributed by atoms with Gasteiger partial charge in [-0.1, -0.05) is 17.7 Å². The molecule has 0 unspecified atom stereocenters. The van der Waals surface area contributed by atoms with Crippen molar-refractivity contribution >= 4 is 45.4 Å². The van der Waals surface area contributed by atoms with Gasteiger partial charge in [0.25, 0.3) is 5.91 Å². The number of pyridine rings is 1. The van der Waals surface area contributed by atoms with Crippen LogP contribution in [0.2, 0.25) is 5.02 Å². The van der Waals surface area contributed by atoms with Gasteiger partial charge in [0.1, 0.15) is 5.69 Å². The van der Waals surface area contributed by atoms with Crippen LogP contribution in [-0.4, -0.2) is 47.0 Å². The summed E-state index contributed by atoms with van der Waals surface area (Å²) in [6.45, 7) is 2.87. The third kappa shape index (κ3) is 4.20. The lowest BCUT2D eigenvalue weighted by atomic mass is 10.2. The molecule has 2 aromatic heterocycles. The molecule has 0 aliphatic carbocycles. The van der Waals surface area contributed by atoms with E-state index >= 15 is 0 Å². The van der Waals surface area contributed by atoms with Crippen molar-refractivity contribution in [3.63, 3.8) is 0 Å². The Labute approximate surface area is 166 Å². The fraction of sp³-hybridized carbons (Fsp3) is 0.211. The summed E-state index contributed by atoms with van der Waals surface area (Å²) >= 11 is 7.49. The van der Waals surface area contributed by atoms with Crippen molar-refractivity contribution in [2.45, 2.75) is 0 Å². The van der Waals surface area contributed by atoms with Gasteiger partial charge in [0.05, 0.1) is 11.9 Å². The number of hydrogen-bond acceptors (Lipinski definition) is 6. The van der Waals surface area contributed by atoms with Crippen molar-refractivity contribution in [1.82, 2.24) is 14.9 Å². The van der Waals surface area contributed by atoms with Crippen molar-refractivity contribution < 1.29 is 4.79 Å². The number of halogens is 1. The molecule has 1 amide bonds. The number of thiazole rings is 1. The average Bonchev–Trinajstić information content (AvgIpc) is 3.17. The highest BCUT2D eigenvalue weighted by Gasteiger charge is 2.24. The van der Waals surface area contributed by atoms with Gasteiger partial charge >= 0.3 is 0 Å². The highest BCUT2D eigenvalue weighted by Crippen LogP contribution is 2.23. The van der Waals surface area contributed by atoms with E-state index in [0.717, 1.165) is 29.5 Å². The summed E-state index contributed by atoms with van der Waals surface area (Å²) in [6, 6.07) is 11.6. The second-order valence-electron chi connectivity index (χ2n) is 6.16. The zero-order valence-corrected chi connectivity index (χ0v) is 16.1. The predicted molar refractivity (Wildman–Crippen MR) is 109 cm³/mol. The van der Waals surface area contributed by atoms with Crippen LogP contribution in [0.4, 0.5) is 16.5 Å². The molecule has 1 fully saturated rings. The Kier molecular flexibility index (Phi) is 5.22. The summed E-state index contributed by atoms with van der Waals surface area (Å²) in [5, 5.41) is 6.37. The van der Waals surface area contributed by atoms with Crippen LogP contribution in [0.3, 0.4) is 0 Å². The van der Waals surface area contributed by atoms with E-state index in [1.807, 2.05) is 41.3 Å². The molecule has 3 heterocycles. The monoisotopic (exact) mass is 399 g/mol. The average molecular weight is 400 g/mol. The molecule has 8 heteroatoms. The molecule has 1 saturated heterocycles. The minimum Gasteiger partial charge on any atom is -0.368 e. The maximum Gasteiger partial charge on any atom is 0.273 e. The third-order valence-corrected chi connectivity index (χ3v) is 5.37. The first kappa shape index (κ1) is 17.8. The smallest absolute Gasteiger partial charge is 0.273 e. The standard InChI is InChI=1S/C19H18ClN5OS/c20-14-3-1-5-16(11-14)24-7-9-25(10-8-24)18(26)17-13-27-19(23-17)22-15-4-2-6-21-12-15/h1-6,11-13H,7-10H2,(H,22,23). The zero-order valence-electron chi connectivity index (χ0n) is 14.5. The number of aromatic nitrogens is 2. The molecule has 1 aliphatic rings. The van der Waals surface area contributed by atoms with Gasteiger partial charge in [0, 0.05) is 48.5 Å². The van der Waals surface area contributed by atoms with Crippen LogP contribution in [-0.2, 0) is 0 Å². The summed E-state index contributed by atoms with van der Waals surface area (Å²) in [5.41, 5.74) is 2.41. The summed E-state index contributed by atoms with van der Waals surface area (Å²) in [5.74, 6) is -0.0313. The lowest BCUT2D eigenvalue weighted by Crippen LogP contribution is -2.48. The van der Waals surface area contributed by atoms with E-state index in [4.69, 9.17) is 11.6 Å². The topological polar surface area (TPSA) is 61.4 Å². The first-order valence-corrected chi connectivity index (χ1v) is 9.87. The van der Waals surface area contributed by atoms with E-state index in [-0.39, 0.29) is 5.91 Å². The Morgan fingerprint density at radius 2 is 2.00 bits per heavy atom. The Balaban J connectivity index is 1.37. The quantitative estimate of drug-likeness (QED) is 0.721. The number of nitrogens with zero attached hydrogens (tertiary/aromatic N) is 4. The molecule has 0 atom stereocenters. The van der Waals surface area contributed by atoms with Crippen LogP contribution in [0.5, 0.6) is 0 Å². The molecule has 0 spiro atoms. The SMILES string of the molecule is O=C(c1csc(Nc2cccnc2)n1)N1CCN(c2cccc(Cl)c2)CC1. The molecule has 6 nitrogen and oxygen atoms in total. The van der Waals surface area contributed by atoms with Gasteiger partial charge in [-0.15, -0.1) is 11.3 Å². The Morgan fingerprint density at radius 3 is 2.74 bits per heavy atom. The normalized spacial score (nSPS) is 14.3. The molecule has 4 rings (SSSR count). The zero-order chi connectivity index (χ0) is 18.6. The highest BCUT2D eigenvalue weighted by atomic mass is 35.5. The second-order valence-corrected chi connectivity index (χ2v) is 7.46. The van der Waals surface area contributed by atoms with Crippen LogP contribution >= 0.6 is 22.9 Å². The second kappa shape index (κ2) is 7.94. The number of anilines is 3. The molecular weight excluding hydrogens is 382 g/mol. The summed E-state index contributed by atoms with van der Waals surface area (Å²) in [7, 11) is 0. The Morgan fingerprint density at radius 1 is 1.15 bits per heavy atom. The molecule has 27 heavy (non-hydrogen) atoms. The van der Waals surface area contributed by atoms with E-state index in [0.29, 0.717) is 23.9 Å². The molecule has 3 aromatic rings. The molecule has 0 bridgehead atoms. The molecule has 1 N–H and O–H groups in total. The fourth-order valence-electron chi connectivity index (χ4n) is 2.99. The first-order valence-electron chi connectivity index (χ1n) is 8.61. The first-order chi connectivity index (χ1) is 13.2. The number of rotatable bonds is 4. The van der Waals surface area contributed by atoms with E-state index < -0.39 is 0 Å². The molecule has 0 radical (unpaired) electrons. The van der Waals surface area contributed by atoms with Crippen LogP contribution in [0.25, 0.3) is 0 Å². The fourth-order valence-corrected chi connectivity index (χ4v) is 3.88. The van der Waals surface area contributed by atoms with Crippen LogP contribution in [0, 0.1) is 0 Å². The van der Waals surface area contributed by atoms with E-state index in [2.05, 4.69) is 20.2 Å².